The van der Waals surface area contributed by atoms with Crippen molar-refractivity contribution in [2.75, 3.05) is 13.1 Å². The summed E-state index contributed by atoms with van der Waals surface area (Å²) in [6.07, 6.45) is 3.58. The van der Waals surface area contributed by atoms with Crippen LogP contribution in [0.25, 0.3) is 22.3 Å². The van der Waals surface area contributed by atoms with Gasteiger partial charge in [0, 0.05) is 23.7 Å². The fourth-order valence-corrected chi connectivity index (χ4v) is 3.56. The van der Waals surface area contributed by atoms with Gasteiger partial charge in [-0.15, -0.1) is 0 Å². The first-order chi connectivity index (χ1) is 12.2. The lowest BCUT2D eigenvalue weighted by molar-refractivity contribution is 0.219. The highest BCUT2D eigenvalue weighted by molar-refractivity contribution is 5.84. The van der Waals surface area contributed by atoms with Crippen LogP contribution in [0.1, 0.15) is 24.8 Å². The van der Waals surface area contributed by atoms with Crippen molar-refractivity contribution >= 4 is 11.0 Å². The Morgan fingerprint density at radius 2 is 1.76 bits per heavy atom. The average molecular weight is 335 g/mol. The van der Waals surface area contributed by atoms with E-state index in [2.05, 4.69) is 4.90 Å². The zero-order valence-electron chi connectivity index (χ0n) is 14.1. The van der Waals surface area contributed by atoms with Crippen LogP contribution >= 0.6 is 0 Å². The first kappa shape index (κ1) is 15.9. The van der Waals surface area contributed by atoms with E-state index in [0.29, 0.717) is 28.8 Å². The third-order valence-electron chi connectivity index (χ3n) is 4.87. The molecule has 3 aromatic rings. The van der Waals surface area contributed by atoms with Gasteiger partial charge in [-0.25, -0.2) is 0 Å². The number of likely N-dealkylation sites (tertiary alicyclic amines) is 1. The highest BCUT2D eigenvalue weighted by Crippen LogP contribution is 2.30. The van der Waals surface area contributed by atoms with Crippen molar-refractivity contribution in [3.05, 3.63) is 64.3 Å². The molecule has 1 N–H and O–H groups in total. The second-order valence-corrected chi connectivity index (χ2v) is 6.61. The zero-order chi connectivity index (χ0) is 17.2. The van der Waals surface area contributed by atoms with Crippen LogP contribution in [0.3, 0.4) is 0 Å². The van der Waals surface area contributed by atoms with E-state index in [-0.39, 0.29) is 11.2 Å². The van der Waals surface area contributed by atoms with Gasteiger partial charge in [-0.05, 0) is 38.1 Å². The number of aromatic hydroxyl groups is 1. The minimum Gasteiger partial charge on any atom is -0.508 e. The van der Waals surface area contributed by atoms with Gasteiger partial charge in [0.2, 0.25) is 0 Å². The molecule has 1 saturated heterocycles. The summed E-state index contributed by atoms with van der Waals surface area (Å²) in [4.78, 5) is 15.1. The van der Waals surface area contributed by atoms with Gasteiger partial charge in [0.1, 0.15) is 17.1 Å². The second-order valence-electron chi connectivity index (χ2n) is 6.61. The maximum Gasteiger partial charge on any atom is 0.193 e. The van der Waals surface area contributed by atoms with E-state index in [4.69, 9.17) is 4.42 Å². The summed E-state index contributed by atoms with van der Waals surface area (Å²) in [5, 5.41) is 10.8. The van der Waals surface area contributed by atoms with E-state index in [1.165, 1.54) is 12.5 Å². The molecule has 1 fully saturated rings. The number of hydrogen-bond acceptors (Lipinski definition) is 4. The molecule has 25 heavy (non-hydrogen) atoms. The number of piperidine rings is 1. The van der Waals surface area contributed by atoms with E-state index >= 15 is 0 Å². The summed E-state index contributed by atoms with van der Waals surface area (Å²) in [5.41, 5.74) is 1.96. The van der Waals surface area contributed by atoms with Gasteiger partial charge in [0.05, 0.1) is 5.39 Å². The van der Waals surface area contributed by atoms with Crippen molar-refractivity contribution in [1.82, 2.24) is 4.90 Å². The molecule has 0 atom stereocenters. The van der Waals surface area contributed by atoms with Crippen molar-refractivity contribution in [3.8, 4) is 17.1 Å². The van der Waals surface area contributed by atoms with Crippen LogP contribution in [0, 0.1) is 0 Å². The van der Waals surface area contributed by atoms with E-state index in [9.17, 15) is 9.90 Å². The second kappa shape index (κ2) is 6.73. The van der Waals surface area contributed by atoms with E-state index in [1.807, 2.05) is 30.3 Å². The average Bonchev–Trinajstić information content (AvgIpc) is 2.65. The molecular formula is C21H21NO3. The van der Waals surface area contributed by atoms with Crippen molar-refractivity contribution in [2.45, 2.75) is 25.8 Å². The SMILES string of the molecule is O=c1cc(-c2ccccc2)oc2ccc(O)c(CN3CCCCC3)c12. The lowest BCUT2D eigenvalue weighted by atomic mass is 10.0. The van der Waals surface area contributed by atoms with Crippen LogP contribution in [-0.2, 0) is 6.54 Å². The van der Waals surface area contributed by atoms with Crippen LogP contribution in [0.15, 0.2) is 57.7 Å². The number of fused-ring (bicyclic) bond motifs is 1. The molecule has 4 heteroatoms. The Labute approximate surface area is 146 Å². The highest BCUT2D eigenvalue weighted by atomic mass is 16.3. The molecule has 4 rings (SSSR count). The first-order valence-corrected chi connectivity index (χ1v) is 8.79. The smallest absolute Gasteiger partial charge is 0.193 e. The standard InChI is InChI=1S/C21H21NO3/c23-17-9-10-19-21(16(17)14-22-11-5-2-6-12-22)18(24)13-20(25-19)15-7-3-1-4-8-15/h1,3-4,7-10,13,23H,2,5-6,11-12,14H2. The van der Waals surface area contributed by atoms with Crippen molar-refractivity contribution in [3.63, 3.8) is 0 Å². The molecule has 2 heterocycles. The minimum atomic E-state index is -0.108. The van der Waals surface area contributed by atoms with Crippen molar-refractivity contribution in [2.24, 2.45) is 0 Å². The summed E-state index contributed by atoms with van der Waals surface area (Å²) in [6.45, 7) is 2.59. The quantitative estimate of drug-likeness (QED) is 0.781. The first-order valence-electron chi connectivity index (χ1n) is 8.79. The normalized spacial score (nSPS) is 15.5. The Kier molecular flexibility index (Phi) is 4.28. The van der Waals surface area contributed by atoms with Gasteiger partial charge in [-0.3, -0.25) is 9.69 Å². The minimum absolute atomic E-state index is 0.108. The number of phenols is 1. The van der Waals surface area contributed by atoms with Crippen LogP contribution in [0.2, 0.25) is 0 Å². The monoisotopic (exact) mass is 335 g/mol. The number of rotatable bonds is 3. The van der Waals surface area contributed by atoms with Crippen LogP contribution in [0.5, 0.6) is 5.75 Å². The number of hydrogen-bond donors (Lipinski definition) is 1. The third kappa shape index (κ3) is 3.17. The maximum atomic E-state index is 12.8. The molecule has 0 amide bonds. The fourth-order valence-electron chi connectivity index (χ4n) is 3.56. The number of nitrogens with zero attached hydrogens (tertiary/aromatic N) is 1. The molecule has 1 aromatic heterocycles. The summed E-state index contributed by atoms with van der Waals surface area (Å²) in [6, 6.07) is 14.4. The molecule has 128 valence electrons. The Morgan fingerprint density at radius 3 is 2.52 bits per heavy atom. The highest BCUT2D eigenvalue weighted by Gasteiger charge is 2.18. The van der Waals surface area contributed by atoms with Crippen LogP contribution in [0.4, 0.5) is 0 Å². The molecule has 0 unspecified atom stereocenters. The largest absolute Gasteiger partial charge is 0.508 e. The summed E-state index contributed by atoms with van der Waals surface area (Å²) < 4.78 is 5.98. The van der Waals surface area contributed by atoms with Gasteiger partial charge in [-0.1, -0.05) is 36.8 Å². The lowest BCUT2D eigenvalue weighted by Gasteiger charge is -2.27. The predicted molar refractivity (Wildman–Crippen MR) is 98.7 cm³/mol. The molecule has 4 nitrogen and oxygen atoms in total. The van der Waals surface area contributed by atoms with Crippen molar-refractivity contribution in [1.29, 1.82) is 0 Å². The Bertz CT molecular complexity index is 941. The molecule has 1 aliphatic heterocycles. The number of phenolic OH excluding ortho intramolecular Hbond substituents is 1. The summed E-state index contributed by atoms with van der Waals surface area (Å²) in [5.74, 6) is 0.713. The number of benzene rings is 2. The summed E-state index contributed by atoms with van der Waals surface area (Å²) >= 11 is 0. The molecule has 2 aromatic carbocycles. The van der Waals surface area contributed by atoms with Crippen molar-refractivity contribution < 1.29 is 9.52 Å². The molecule has 1 aliphatic rings. The Hall–Kier alpha value is -2.59. The Morgan fingerprint density at radius 1 is 1.00 bits per heavy atom. The van der Waals surface area contributed by atoms with Gasteiger partial charge < -0.3 is 9.52 Å². The van der Waals surface area contributed by atoms with Crippen LogP contribution in [-0.4, -0.2) is 23.1 Å². The molecule has 0 bridgehead atoms. The lowest BCUT2D eigenvalue weighted by Crippen LogP contribution is -2.29. The van der Waals surface area contributed by atoms with E-state index in [0.717, 1.165) is 31.5 Å². The Balaban J connectivity index is 1.81. The van der Waals surface area contributed by atoms with Gasteiger partial charge in [0.25, 0.3) is 0 Å². The van der Waals surface area contributed by atoms with E-state index < -0.39 is 0 Å². The fraction of sp³-hybridized carbons (Fsp3) is 0.286. The molecular weight excluding hydrogens is 314 g/mol. The maximum absolute atomic E-state index is 12.8. The zero-order valence-corrected chi connectivity index (χ0v) is 14.1. The molecule has 0 radical (unpaired) electrons. The molecule has 0 aliphatic carbocycles. The van der Waals surface area contributed by atoms with Gasteiger partial charge in [-0.2, -0.15) is 0 Å². The molecule has 0 saturated carbocycles. The topological polar surface area (TPSA) is 53.7 Å². The van der Waals surface area contributed by atoms with E-state index in [1.54, 1.807) is 12.1 Å². The van der Waals surface area contributed by atoms with Gasteiger partial charge in [0.15, 0.2) is 5.43 Å². The molecule has 0 spiro atoms. The summed E-state index contributed by atoms with van der Waals surface area (Å²) in [7, 11) is 0. The van der Waals surface area contributed by atoms with Gasteiger partial charge >= 0.3 is 0 Å². The third-order valence-corrected chi connectivity index (χ3v) is 4.87. The predicted octanol–water partition coefficient (Wildman–Crippen LogP) is 4.15. The van der Waals surface area contributed by atoms with Crippen LogP contribution < -0.4 is 5.43 Å².